The van der Waals surface area contributed by atoms with Crippen LogP contribution in [0.4, 0.5) is 5.69 Å². The fraction of sp³-hybridized carbons (Fsp3) is 0.400. The molecule has 138 valence electrons. The van der Waals surface area contributed by atoms with Gasteiger partial charge in [0.25, 0.3) is 0 Å². The molecule has 0 aliphatic heterocycles. The number of benzene rings is 1. The second-order valence-electron chi connectivity index (χ2n) is 6.18. The van der Waals surface area contributed by atoms with Crippen LogP contribution in [-0.2, 0) is 4.79 Å². The van der Waals surface area contributed by atoms with Crippen LogP contribution >= 0.6 is 47.0 Å². The molecule has 1 atom stereocenters. The highest BCUT2D eigenvalue weighted by Gasteiger charge is 2.36. The molecule has 1 rings (SSSR count). The summed E-state index contributed by atoms with van der Waals surface area (Å²) in [5.74, 6) is -1.36. The molecule has 0 aliphatic rings. The molecule has 0 bridgehead atoms. The molecule has 0 saturated heterocycles. The van der Waals surface area contributed by atoms with Crippen LogP contribution in [0.1, 0.15) is 31.1 Å². The van der Waals surface area contributed by atoms with Gasteiger partial charge in [0.15, 0.2) is 5.11 Å². The van der Waals surface area contributed by atoms with Crippen molar-refractivity contribution < 1.29 is 14.7 Å². The summed E-state index contributed by atoms with van der Waals surface area (Å²) in [6.45, 7) is 5.16. The van der Waals surface area contributed by atoms with Crippen LogP contribution in [0.3, 0.4) is 0 Å². The molecule has 4 N–H and O–H groups in total. The molecule has 1 aromatic rings. The van der Waals surface area contributed by atoms with Crippen molar-refractivity contribution in [2.45, 2.75) is 30.7 Å². The molecule has 1 aromatic carbocycles. The first-order valence-corrected chi connectivity index (χ1v) is 8.63. The Balaban J connectivity index is 2.78. The number of anilines is 1. The van der Waals surface area contributed by atoms with Crippen molar-refractivity contribution in [3.8, 4) is 0 Å². The number of thiocarbonyl (C=S) groups is 1. The van der Waals surface area contributed by atoms with E-state index in [1.165, 1.54) is 24.3 Å². The molecule has 0 aromatic heterocycles. The van der Waals surface area contributed by atoms with Crippen molar-refractivity contribution >= 4 is 69.7 Å². The maximum Gasteiger partial charge on any atom is 0.335 e. The number of nitrogens with one attached hydrogen (secondary N) is 3. The third-order valence-corrected chi connectivity index (χ3v) is 3.82. The molecule has 0 spiro atoms. The molecule has 25 heavy (non-hydrogen) atoms. The molecular formula is C15H18Cl3N3O3S. The lowest BCUT2D eigenvalue weighted by Gasteiger charge is -2.30. The van der Waals surface area contributed by atoms with Crippen LogP contribution in [0.5, 0.6) is 0 Å². The molecule has 0 saturated carbocycles. The summed E-state index contributed by atoms with van der Waals surface area (Å²) in [5, 5.41) is 17.1. The van der Waals surface area contributed by atoms with Gasteiger partial charge in [-0.25, -0.2) is 4.79 Å². The fourth-order valence-corrected chi connectivity index (χ4v) is 2.10. The first kappa shape index (κ1) is 21.8. The number of rotatable bonds is 4. The maximum absolute atomic E-state index is 12.1. The van der Waals surface area contributed by atoms with Gasteiger partial charge in [0, 0.05) is 11.1 Å². The number of aromatic carboxylic acids is 1. The SMILES string of the molecule is CC(C)(C)C(=O)N[C@H](NC(=S)Nc1ccc(C(=O)O)cc1)C(Cl)(Cl)Cl. The average molecular weight is 427 g/mol. The number of hydrogen-bond donors (Lipinski definition) is 4. The molecule has 0 unspecified atom stereocenters. The normalized spacial score (nSPS) is 12.9. The standard InChI is InChI=1S/C15H18Cl3N3O3S/c1-14(2,3)12(24)20-11(15(16,17)18)21-13(25)19-9-6-4-8(5-7-9)10(22)23/h4-7,11H,1-3H3,(H,20,24)(H,22,23)(H2,19,21,25)/t11-/m1/s1. The van der Waals surface area contributed by atoms with Crippen LogP contribution in [-0.4, -0.2) is 32.1 Å². The Morgan fingerprint density at radius 3 is 2.00 bits per heavy atom. The van der Waals surface area contributed by atoms with E-state index in [1.54, 1.807) is 20.8 Å². The van der Waals surface area contributed by atoms with E-state index in [4.69, 9.17) is 52.1 Å². The van der Waals surface area contributed by atoms with E-state index in [0.717, 1.165) is 0 Å². The Labute approximate surface area is 166 Å². The van der Waals surface area contributed by atoms with E-state index in [9.17, 15) is 9.59 Å². The lowest BCUT2D eigenvalue weighted by atomic mass is 9.95. The number of carboxylic acids is 1. The molecular weight excluding hydrogens is 409 g/mol. The van der Waals surface area contributed by atoms with Gasteiger partial charge in [-0.1, -0.05) is 55.6 Å². The van der Waals surface area contributed by atoms with Crippen LogP contribution in [0.2, 0.25) is 0 Å². The van der Waals surface area contributed by atoms with Crippen molar-refractivity contribution in [2.75, 3.05) is 5.32 Å². The van der Waals surface area contributed by atoms with Crippen molar-refractivity contribution in [1.82, 2.24) is 10.6 Å². The van der Waals surface area contributed by atoms with Gasteiger partial charge in [0.2, 0.25) is 9.70 Å². The number of hydrogen-bond acceptors (Lipinski definition) is 3. The van der Waals surface area contributed by atoms with Crippen molar-refractivity contribution in [2.24, 2.45) is 5.41 Å². The zero-order valence-corrected chi connectivity index (χ0v) is 16.8. The third-order valence-electron chi connectivity index (χ3n) is 2.95. The molecule has 0 heterocycles. The van der Waals surface area contributed by atoms with Gasteiger partial charge in [-0.2, -0.15) is 0 Å². The number of alkyl halides is 3. The highest BCUT2D eigenvalue weighted by molar-refractivity contribution is 7.80. The number of carbonyl (C=O) groups excluding carboxylic acids is 1. The summed E-state index contributed by atoms with van der Waals surface area (Å²) in [4.78, 5) is 22.9. The fourth-order valence-electron chi connectivity index (χ4n) is 1.54. The second-order valence-corrected chi connectivity index (χ2v) is 8.96. The Hall–Kier alpha value is -1.28. The van der Waals surface area contributed by atoms with Crippen LogP contribution in [0.15, 0.2) is 24.3 Å². The highest BCUT2D eigenvalue weighted by Crippen LogP contribution is 2.30. The summed E-state index contributed by atoms with van der Waals surface area (Å²) in [5.41, 5.74) is -0.00821. The maximum atomic E-state index is 12.1. The lowest BCUT2D eigenvalue weighted by Crippen LogP contribution is -2.58. The highest BCUT2D eigenvalue weighted by atomic mass is 35.6. The number of amides is 1. The smallest absolute Gasteiger partial charge is 0.335 e. The van der Waals surface area contributed by atoms with E-state index >= 15 is 0 Å². The first-order valence-electron chi connectivity index (χ1n) is 7.09. The van der Waals surface area contributed by atoms with Gasteiger partial charge >= 0.3 is 5.97 Å². The summed E-state index contributed by atoms with van der Waals surface area (Å²) in [6.07, 6.45) is -1.07. The van der Waals surface area contributed by atoms with Crippen LogP contribution < -0.4 is 16.0 Å². The summed E-state index contributed by atoms with van der Waals surface area (Å²) in [6, 6.07) is 5.91. The van der Waals surface area contributed by atoms with Crippen molar-refractivity contribution in [3.63, 3.8) is 0 Å². The Bertz CT molecular complexity index is 655. The van der Waals surface area contributed by atoms with Gasteiger partial charge < -0.3 is 21.1 Å². The number of carbonyl (C=O) groups is 2. The first-order chi connectivity index (χ1) is 11.3. The quantitative estimate of drug-likeness (QED) is 0.334. The summed E-state index contributed by atoms with van der Waals surface area (Å²) < 4.78 is -1.85. The van der Waals surface area contributed by atoms with Gasteiger partial charge in [-0.05, 0) is 36.5 Å². The Morgan fingerprint density at radius 2 is 1.60 bits per heavy atom. The molecule has 0 radical (unpaired) electrons. The minimum atomic E-state index is -1.85. The monoisotopic (exact) mass is 425 g/mol. The topological polar surface area (TPSA) is 90.5 Å². The van der Waals surface area contributed by atoms with E-state index in [0.29, 0.717) is 5.69 Å². The van der Waals surface area contributed by atoms with Crippen LogP contribution in [0, 0.1) is 5.41 Å². The summed E-state index contributed by atoms with van der Waals surface area (Å²) >= 11 is 22.8. The molecule has 0 fully saturated rings. The van der Waals surface area contributed by atoms with Gasteiger partial charge in [0.1, 0.15) is 6.17 Å². The van der Waals surface area contributed by atoms with Crippen molar-refractivity contribution in [1.29, 1.82) is 0 Å². The van der Waals surface area contributed by atoms with E-state index in [2.05, 4.69) is 16.0 Å². The largest absolute Gasteiger partial charge is 0.478 e. The Kier molecular flexibility index (Phi) is 7.31. The molecule has 1 amide bonds. The lowest BCUT2D eigenvalue weighted by molar-refractivity contribution is -0.129. The minimum absolute atomic E-state index is 0.0913. The van der Waals surface area contributed by atoms with Gasteiger partial charge in [-0.15, -0.1) is 0 Å². The number of halogens is 3. The van der Waals surface area contributed by atoms with Crippen LogP contribution in [0.25, 0.3) is 0 Å². The van der Waals surface area contributed by atoms with E-state index in [-0.39, 0.29) is 16.6 Å². The average Bonchev–Trinajstić information content (AvgIpc) is 2.44. The van der Waals surface area contributed by atoms with Gasteiger partial charge in [-0.3, -0.25) is 4.79 Å². The third kappa shape index (κ3) is 7.23. The zero-order valence-electron chi connectivity index (χ0n) is 13.7. The predicted octanol–water partition coefficient (Wildman–Crippen LogP) is 3.53. The number of carboxylic acid groups (broad SMARTS) is 1. The van der Waals surface area contributed by atoms with Crippen molar-refractivity contribution in [3.05, 3.63) is 29.8 Å². The Morgan fingerprint density at radius 1 is 1.08 bits per heavy atom. The zero-order chi connectivity index (χ0) is 19.4. The second kappa shape index (κ2) is 8.40. The molecule has 10 heteroatoms. The van der Waals surface area contributed by atoms with E-state index in [1.807, 2.05) is 0 Å². The molecule has 6 nitrogen and oxygen atoms in total. The predicted molar refractivity (Wildman–Crippen MR) is 104 cm³/mol. The molecule has 0 aliphatic carbocycles. The van der Waals surface area contributed by atoms with E-state index < -0.39 is 21.3 Å². The summed E-state index contributed by atoms with van der Waals surface area (Å²) in [7, 11) is 0. The van der Waals surface area contributed by atoms with Gasteiger partial charge in [0.05, 0.1) is 5.56 Å². The minimum Gasteiger partial charge on any atom is -0.478 e.